The van der Waals surface area contributed by atoms with E-state index in [1.807, 2.05) is 13.1 Å². The van der Waals surface area contributed by atoms with Gasteiger partial charge < -0.3 is 9.84 Å². The van der Waals surface area contributed by atoms with Gasteiger partial charge in [-0.05, 0) is 44.2 Å². The summed E-state index contributed by atoms with van der Waals surface area (Å²) in [6.07, 6.45) is 1.21. The van der Waals surface area contributed by atoms with Crippen molar-refractivity contribution in [1.29, 1.82) is 0 Å². The van der Waals surface area contributed by atoms with Crippen molar-refractivity contribution in [2.24, 2.45) is 0 Å². The van der Waals surface area contributed by atoms with E-state index in [1.165, 1.54) is 12.1 Å². The van der Waals surface area contributed by atoms with E-state index >= 15 is 0 Å². The Balaban J connectivity index is 2.10. The number of halogens is 1. The molecule has 0 bridgehead atoms. The smallest absolute Gasteiger partial charge is 0.124 e. The number of nitrogens with zero attached hydrogens (tertiary/aromatic N) is 1. The van der Waals surface area contributed by atoms with E-state index in [9.17, 15) is 4.39 Å². The molecule has 1 aromatic rings. The molecule has 2 rings (SSSR count). The Hall–Kier alpha value is -1.41. The molecule has 3 nitrogen and oxygen atoms in total. The average Bonchev–Trinajstić information content (AvgIpc) is 2.82. The van der Waals surface area contributed by atoms with Crippen molar-refractivity contribution in [3.05, 3.63) is 35.1 Å². The molecule has 0 aliphatic carbocycles. The molecule has 1 N–H and O–H groups in total. The second kappa shape index (κ2) is 6.85. The monoisotopic (exact) mass is 277 g/mol. The van der Waals surface area contributed by atoms with Crippen molar-refractivity contribution >= 4 is 0 Å². The molecule has 0 aromatic heterocycles. The molecule has 4 heteroatoms. The van der Waals surface area contributed by atoms with E-state index in [0.717, 1.165) is 18.6 Å². The van der Waals surface area contributed by atoms with E-state index in [4.69, 9.17) is 9.84 Å². The molecule has 20 heavy (non-hydrogen) atoms. The molecular weight excluding hydrogens is 257 g/mol. The first-order valence-electron chi connectivity index (χ1n) is 6.81. The topological polar surface area (TPSA) is 32.7 Å². The number of benzene rings is 1. The van der Waals surface area contributed by atoms with Gasteiger partial charge in [-0.2, -0.15) is 0 Å². The molecule has 2 atom stereocenters. The molecule has 1 aliphatic heterocycles. The number of rotatable bonds is 3. The second-order valence-corrected chi connectivity index (χ2v) is 5.16. The van der Waals surface area contributed by atoms with Crippen molar-refractivity contribution in [3.63, 3.8) is 0 Å². The number of hydrogen-bond donors (Lipinski definition) is 1. The summed E-state index contributed by atoms with van der Waals surface area (Å²) in [6.45, 7) is 3.29. The van der Waals surface area contributed by atoms with Gasteiger partial charge in [0.15, 0.2) is 0 Å². The van der Waals surface area contributed by atoms with E-state index in [0.29, 0.717) is 18.2 Å². The van der Waals surface area contributed by atoms with Gasteiger partial charge in [-0.15, -0.1) is 0 Å². The summed E-state index contributed by atoms with van der Waals surface area (Å²) in [4.78, 5) is 2.19. The fourth-order valence-corrected chi connectivity index (χ4v) is 2.66. The molecule has 108 valence electrons. The molecular formula is C16H20FNO2. The van der Waals surface area contributed by atoms with E-state index in [1.54, 1.807) is 0 Å². The van der Waals surface area contributed by atoms with Crippen LogP contribution in [0.5, 0.6) is 0 Å². The Morgan fingerprint density at radius 1 is 1.45 bits per heavy atom. The maximum atomic E-state index is 13.6. The number of hydrogen-bond acceptors (Lipinski definition) is 3. The summed E-state index contributed by atoms with van der Waals surface area (Å²) in [7, 11) is 2.03. The fraction of sp³-hybridized carbons (Fsp3) is 0.500. The van der Waals surface area contributed by atoms with Crippen LogP contribution in [0.1, 0.15) is 24.5 Å². The molecule has 0 radical (unpaired) electrons. The van der Waals surface area contributed by atoms with Gasteiger partial charge in [0.1, 0.15) is 12.4 Å². The highest BCUT2D eigenvalue weighted by Gasteiger charge is 2.27. The van der Waals surface area contributed by atoms with Gasteiger partial charge in [0.2, 0.25) is 0 Å². The number of ether oxygens (including phenoxy) is 1. The minimum absolute atomic E-state index is 0.210. The highest BCUT2D eigenvalue weighted by Crippen LogP contribution is 2.20. The predicted molar refractivity (Wildman–Crippen MR) is 75.6 cm³/mol. The molecule has 1 aromatic carbocycles. The van der Waals surface area contributed by atoms with Crippen LogP contribution in [0.15, 0.2) is 18.2 Å². The van der Waals surface area contributed by atoms with Gasteiger partial charge >= 0.3 is 0 Å². The summed E-state index contributed by atoms with van der Waals surface area (Å²) >= 11 is 0. The first-order valence-corrected chi connectivity index (χ1v) is 6.81. The van der Waals surface area contributed by atoms with Crippen LogP contribution in [0.25, 0.3) is 0 Å². The lowest BCUT2D eigenvalue weighted by molar-refractivity contribution is 0.0814. The molecule has 1 saturated heterocycles. The zero-order chi connectivity index (χ0) is 14.5. The lowest BCUT2D eigenvalue weighted by atomic mass is 10.1. The van der Waals surface area contributed by atoms with Crippen LogP contribution >= 0.6 is 0 Å². The maximum absolute atomic E-state index is 13.6. The number of aliphatic hydroxyl groups excluding tert-OH is 1. The van der Waals surface area contributed by atoms with Crippen LogP contribution in [0.3, 0.4) is 0 Å². The summed E-state index contributed by atoms with van der Waals surface area (Å²) in [5.74, 6) is 4.99. The van der Waals surface area contributed by atoms with Crippen LogP contribution in [-0.4, -0.2) is 42.4 Å². The van der Waals surface area contributed by atoms with Gasteiger partial charge in [-0.25, -0.2) is 4.39 Å². The van der Waals surface area contributed by atoms with Crippen molar-refractivity contribution in [3.8, 4) is 11.8 Å². The van der Waals surface area contributed by atoms with Gasteiger partial charge in [-0.1, -0.05) is 11.8 Å². The minimum atomic E-state index is -0.297. The standard InChI is InChI=1S/C16H20FNO2/c1-12-16(5-7-20-12)18(2)11-14-8-13(4-3-6-19)9-15(17)10-14/h8-10,12,16,19H,5-7,11H2,1-2H3. The molecule has 0 amide bonds. The normalized spacial score (nSPS) is 21.9. The Bertz CT molecular complexity index is 521. The molecule has 1 heterocycles. The highest BCUT2D eigenvalue weighted by molar-refractivity contribution is 5.37. The molecule has 0 spiro atoms. The molecule has 1 aliphatic rings. The van der Waals surface area contributed by atoms with Crippen molar-refractivity contribution < 1.29 is 14.2 Å². The predicted octanol–water partition coefficient (Wildman–Crippen LogP) is 1.78. The van der Waals surface area contributed by atoms with Crippen LogP contribution in [0.4, 0.5) is 4.39 Å². The third-order valence-corrected chi connectivity index (χ3v) is 3.60. The fourth-order valence-electron chi connectivity index (χ4n) is 2.66. The van der Waals surface area contributed by atoms with E-state index in [2.05, 4.69) is 23.7 Å². The van der Waals surface area contributed by atoms with Crippen molar-refractivity contribution in [2.45, 2.75) is 32.0 Å². The van der Waals surface area contributed by atoms with Gasteiger partial charge in [0.25, 0.3) is 0 Å². The van der Waals surface area contributed by atoms with Gasteiger partial charge in [-0.3, -0.25) is 4.90 Å². The average molecular weight is 277 g/mol. The highest BCUT2D eigenvalue weighted by atomic mass is 19.1. The SMILES string of the molecule is CC1OCCC1N(C)Cc1cc(F)cc(C#CCO)c1. The first kappa shape index (κ1) is 15.0. The summed E-state index contributed by atoms with van der Waals surface area (Å²) < 4.78 is 19.1. The maximum Gasteiger partial charge on any atom is 0.124 e. The Morgan fingerprint density at radius 3 is 2.90 bits per heavy atom. The molecule has 2 unspecified atom stereocenters. The second-order valence-electron chi connectivity index (χ2n) is 5.16. The zero-order valence-corrected chi connectivity index (χ0v) is 11.9. The van der Waals surface area contributed by atoms with Crippen LogP contribution in [0, 0.1) is 17.7 Å². The Kier molecular flexibility index (Phi) is 5.13. The van der Waals surface area contributed by atoms with Crippen molar-refractivity contribution in [2.75, 3.05) is 20.3 Å². The number of likely N-dealkylation sites (N-methyl/N-ethyl adjacent to an activating group) is 1. The molecule has 1 fully saturated rings. The quantitative estimate of drug-likeness (QED) is 0.855. The van der Waals surface area contributed by atoms with E-state index in [-0.39, 0.29) is 18.5 Å². The van der Waals surface area contributed by atoms with Crippen LogP contribution in [-0.2, 0) is 11.3 Å². The third-order valence-electron chi connectivity index (χ3n) is 3.60. The Labute approximate surface area is 119 Å². The summed E-state index contributed by atoms with van der Waals surface area (Å²) in [5, 5.41) is 8.69. The van der Waals surface area contributed by atoms with Crippen LogP contribution in [0.2, 0.25) is 0 Å². The lowest BCUT2D eigenvalue weighted by Crippen LogP contribution is -2.36. The summed E-state index contributed by atoms with van der Waals surface area (Å²) in [5.41, 5.74) is 1.48. The van der Waals surface area contributed by atoms with E-state index < -0.39 is 0 Å². The van der Waals surface area contributed by atoms with Crippen molar-refractivity contribution in [1.82, 2.24) is 4.90 Å². The molecule has 0 saturated carbocycles. The van der Waals surface area contributed by atoms with Gasteiger partial charge in [0, 0.05) is 24.8 Å². The Morgan fingerprint density at radius 2 is 2.25 bits per heavy atom. The first-order chi connectivity index (χ1) is 9.60. The lowest BCUT2D eigenvalue weighted by Gasteiger charge is -2.26. The van der Waals surface area contributed by atoms with Gasteiger partial charge in [0.05, 0.1) is 6.10 Å². The summed E-state index contributed by atoms with van der Waals surface area (Å²) in [6, 6.07) is 5.14. The number of aliphatic hydroxyl groups is 1. The largest absolute Gasteiger partial charge is 0.384 e. The third kappa shape index (κ3) is 3.80. The zero-order valence-electron chi connectivity index (χ0n) is 11.9. The minimum Gasteiger partial charge on any atom is -0.384 e. The van der Waals surface area contributed by atoms with Crippen LogP contribution < -0.4 is 0 Å².